The molecule has 1 N–H and O–H groups in total. The Morgan fingerprint density at radius 1 is 1.16 bits per heavy atom. The number of hydrogen-bond acceptors (Lipinski definition) is 3. The quantitative estimate of drug-likeness (QED) is 0.842. The number of hydrogen-bond donors (Lipinski definition) is 1. The Morgan fingerprint density at radius 3 is 2.64 bits per heavy atom. The van der Waals surface area contributed by atoms with E-state index in [0.29, 0.717) is 6.42 Å². The molecule has 2 aromatic carbocycles. The van der Waals surface area contributed by atoms with Crippen molar-refractivity contribution in [3.63, 3.8) is 0 Å². The minimum atomic E-state index is -0.163. The minimum Gasteiger partial charge on any atom is -0.396 e. The molecule has 1 amide bonds. The van der Waals surface area contributed by atoms with E-state index in [2.05, 4.69) is 47.4 Å². The van der Waals surface area contributed by atoms with Gasteiger partial charge in [0.25, 0.3) is 0 Å². The SMILES string of the molecule is C[C@H](C(=O)N1CCCC1)N(CCCO)Cc1cccc2ccccc12. The summed E-state index contributed by atoms with van der Waals surface area (Å²) in [6.07, 6.45) is 2.90. The molecule has 1 aliphatic heterocycles. The van der Waals surface area contributed by atoms with E-state index in [9.17, 15) is 9.90 Å². The Labute approximate surface area is 150 Å². The standard InChI is InChI=1S/C21H28N2O2/c1-17(21(25)22-12-4-5-13-22)23(14-7-15-24)16-19-10-6-9-18-8-2-3-11-20(18)19/h2-3,6,8-11,17,24H,4-5,7,12-16H2,1H3/t17-/m1/s1. The number of fused-ring (bicyclic) bond motifs is 1. The summed E-state index contributed by atoms with van der Waals surface area (Å²) in [4.78, 5) is 17.0. The van der Waals surface area contributed by atoms with E-state index in [1.165, 1.54) is 16.3 Å². The van der Waals surface area contributed by atoms with Crippen LogP contribution in [0, 0.1) is 0 Å². The van der Waals surface area contributed by atoms with Crippen molar-refractivity contribution in [2.24, 2.45) is 0 Å². The number of benzene rings is 2. The van der Waals surface area contributed by atoms with Gasteiger partial charge in [-0.1, -0.05) is 42.5 Å². The Bertz CT molecular complexity index is 705. The summed E-state index contributed by atoms with van der Waals surface area (Å²) in [6, 6.07) is 14.5. The zero-order chi connectivity index (χ0) is 17.6. The van der Waals surface area contributed by atoms with E-state index in [1.807, 2.05) is 11.8 Å². The average molecular weight is 340 g/mol. The van der Waals surface area contributed by atoms with Gasteiger partial charge in [0.2, 0.25) is 5.91 Å². The Kier molecular flexibility index (Phi) is 6.05. The fourth-order valence-electron chi connectivity index (χ4n) is 3.69. The lowest BCUT2D eigenvalue weighted by Gasteiger charge is -2.31. The molecule has 3 rings (SSSR count). The zero-order valence-corrected chi connectivity index (χ0v) is 15.0. The van der Waals surface area contributed by atoms with Crippen molar-refractivity contribution in [3.05, 3.63) is 48.0 Å². The molecule has 4 nitrogen and oxygen atoms in total. The summed E-state index contributed by atoms with van der Waals surface area (Å²) < 4.78 is 0. The second-order valence-electron chi connectivity index (χ2n) is 6.89. The molecular weight excluding hydrogens is 312 g/mol. The number of carbonyl (C=O) groups excluding carboxylic acids is 1. The molecule has 0 bridgehead atoms. The fourth-order valence-corrected chi connectivity index (χ4v) is 3.69. The molecule has 0 saturated carbocycles. The maximum absolute atomic E-state index is 12.8. The lowest BCUT2D eigenvalue weighted by molar-refractivity contribution is -0.135. The number of carbonyl (C=O) groups is 1. The van der Waals surface area contributed by atoms with E-state index >= 15 is 0 Å². The first kappa shape index (κ1) is 17.9. The summed E-state index contributed by atoms with van der Waals surface area (Å²) in [5.41, 5.74) is 1.23. The molecule has 1 heterocycles. The van der Waals surface area contributed by atoms with Crippen LogP contribution < -0.4 is 0 Å². The second-order valence-corrected chi connectivity index (χ2v) is 6.89. The largest absolute Gasteiger partial charge is 0.396 e. The van der Waals surface area contributed by atoms with Crippen LogP contribution in [0.4, 0.5) is 0 Å². The highest BCUT2D eigenvalue weighted by atomic mass is 16.3. The molecule has 0 spiro atoms. The third-order valence-electron chi connectivity index (χ3n) is 5.18. The fraction of sp³-hybridized carbons (Fsp3) is 0.476. The van der Waals surface area contributed by atoms with Crippen molar-refractivity contribution >= 4 is 16.7 Å². The highest BCUT2D eigenvalue weighted by Gasteiger charge is 2.27. The zero-order valence-electron chi connectivity index (χ0n) is 15.0. The van der Waals surface area contributed by atoms with Crippen molar-refractivity contribution in [3.8, 4) is 0 Å². The number of likely N-dealkylation sites (tertiary alicyclic amines) is 1. The molecule has 25 heavy (non-hydrogen) atoms. The molecule has 1 fully saturated rings. The first-order chi connectivity index (χ1) is 12.2. The Hall–Kier alpha value is -1.91. The lowest BCUT2D eigenvalue weighted by atomic mass is 10.0. The van der Waals surface area contributed by atoms with E-state index in [0.717, 1.165) is 39.0 Å². The molecule has 1 atom stereocenters. The van der Waals surface area contributed by atoms with Gasteiger partial charge in [0.15, 0.2) is 0 Å². The molecule has 1 aliphatic rings. The highest BCUT2D eigenvalue weighted by Crippen LogP contribution is 2.22. The first-order valence-corrected chi connectivity index (χ1v) is 9.31. The summed E-state index contributed by atoms with van der Waals surface area (Å²) in [5, 5.41) is 11.7. The van der Waals surface area contributed by atoms with E-state index in [1.54, 1.807) is 0 Å². The second kappa shape index (κ2) is 8.45. The van der Waals surface area contributed by atoms with Crippen molar-refractivity contribution in [1.82, 2.24) is 9.80 Å². The van der Waals surface area contributed by atoms with Crippen LogP contribution >= 0.6 is 0 Å². The predicted octanol–water partition coefficient (Wildman–Crippen LogP) is 3.04. The molecule has 4 heteroatoms. The molecule has 0 radical (unpaired) electrons. The molecule has 0 aromatic heterocycles. The van der Waals surface area contributed by atoms with Gasteiger partial charge in [-0.2, -0.15) is 0 Å². The van der Waals surface area contributed by atoms with Crippen LogP contribution in [-0.4, -0.2) is 53.1 Å². The molecule has 0 aliphatic carbocycles. The molecule has 0 unspecified atom stereocenters. The van der Waals surface area contributed by atoms with Gasteiger partial charge in [0.05, 0.1) is 6.04 Å². The molecule has 134 valence electrons. The molecular formula is C21H28N2O2. The van der Waals surface area contributed by atoms with Crippen LogP contribution in [-0.2, 0) is 11.3 Å². The van der Waals surface area contributed by atoms with Gasteiger partial charge in [-0.25, -0.2) is 0 Å². The summed E-state index contributed by atoms with van der Waals surface area (Å²) in [7, 11) is 0. The lowest BCUT2D eigenvalue weighted by Crippen LogP contribution is -2.46. The summed E-state index contributed by atoms with van der Waals surface area (Å²) in [6.45, 7) is 5.36. The third kappa shape index (κ3) is 4.20. The third-order valence-corrected chi connectivity index (χ3v) is 5.18. The van der Waals surface area contributed by atoms with Crippen molar-refractivity contribution in [1.29, 1.82) is 0 Å². The van der Waals surface area contributed by atoms with Crippen LogP contribution in [0.2, 0.25) is 0 Å². The monoisotopic (exact) mass is 340 g/mol. The molecule has 2 aromatic rings. The number of amides is 1. The highest BCUT2D eigenvalue weighted by molar-refractivity contribution is 5.86. The van der Waals surface area contributed by atoms with Crippen LogP contribution in [0.3, 0.4) is 0 Å². The predicted molar refractivity (Wildman–Crippen MR) is 101 cm³/mol. The van der Waals surface area contributed by atoms with Crippen LogP contribution in [0.5, 0.6) is 0 Å². The van der Waals surface area contributed by atoms with E-state index in [-0.39, 0.29) is 18.6 Å². The summed E-state index contributed by atoms with van der Waals surface area (Å²) in [5.74, 6) is 0.218. The van der Waals surface area contributed by atoms with Crippen molar-refractivity contribution in [2.45, 2.75) is 38.8 Å². The topological polar surface area (TPSA) is 43.8 Å². The number of rotatable bonds is 7. The minimum absolute atomic E-state index is 0.149. The molecule has 1 saturated heterocycles. The normalized spacial score (nSPS) is 15.9. The maximum Gasteiger partial charge on any atom is 0.239 e. The van der Waals surface area contributed by atoms with Gasteiger partial charge < -0.3 is 10.0 Å². The van der Waals surface area contributed by atoms with Gasteiger partial charge in [0.1, 0.15) is 0 Å². The smallest absolute Gasteiger partial charge is 0.239 e. The van der Waals surface area contributed by atoms with Gasteiger partial charge in [-0.3, -0.25) is 9.69 Å². The Morgan fingerprint density at radius 2 is 1.88 bits per heavy atom. The van der Waals surface area contributed by atoms with Gasteiger partial charge in [-0.15, -0.1) is 0 Å². The van der Waals surface area contributed by atoms with E-state index < -0.39 is 0 Å². The van der Waals surface area contributed by atoms with E-state index in [4.69, 9.17) is 0 Å². The van der Waals surface area contributed by atoms with Crippen LogP contribution in [0.15, 0.2) is 42.5 Å². The van der Waals surface area contributed by atoms with Crippen molar-refractivity contribution in [2.75, 3.05) is 26.2 Å². The number of aliphatic hydroxyl groups excluding tert-OH is 1. The van der Waals surface area contributed by atoms with Crippen molar-refractivity contribution < 1.29 is 9.90 Å². The van der Waals surface area contributed by atoms with Gasteiger partial charge >= 0.3 is 0 Å². The number of aliphatic hydroxyl groups is 1. The first-order valence-electron chi connectivity index (χ1n) is 9.31. The Balaban J connectivity index is 1.81. The van der Waals surface area contributed by atoms with Gasteiger partial charge in [0, 0.05) is 32.8 Å². The van der Waals surface area contributed by atoms with Gasteiger partial charge in [-0.05, 0) is 42.5 Å². The van der Waals surface area contributed by atoms with Crippen LogP contribution in [0.1, 0.15) is 31.7 Å². The average Bonchev–Trinajstić information content (AvgIpc) is 3.18. The van der Waals surface area contributed by atoms with Crippen LogP contribution in [0.25, 0.3) is 10.8 Å². The maximum atomic E-state index is 12.8. The summed E-state index contributed by atoms with van der Waals surface area (Å²) >= 11 is 0. The number of nitrogens with zero attached hydrogens (tertiary/aromatic N) is 2.